The molecule has 0 aliphatic heterocycles. The highest BCUT2D eigenvalue weighted by molar-refractivity contribution is 6.07. The van der Waals surface area contributed by atoms with E-state index >= 15 is 0 Å². The van der Waals surface area contributed by atoms with Gasteiger partial charge < -0.3 is 4.74 Å². The molecule has 0 unspecified atom stereocenters. The number of carbonyl (C=O) groups excluding carboxylic acids is 1. The number of rotatable bonds is 3. The molecule has 0 aliphatic rings. The van der Waals surface area contributed by atoms with Gasteiger partial charge in [-0.1, -0.05) is 0 Å². The lowest BCUT2D eigenvalue weighted by atomic mass is 10.2. The van der Waals surface area contributed by atoms with Crippen molar-refractivity contribution in [2.24, 2.45) is 0 Å². The molecule has 0 N–H and O–H groups in total. The predicted molar refractivity (Wildman–Crippen MR) is 56.2 cm³/mol. The Hall–Kier alpha value is -2.37. The van der Waals surface area contributed by atoms with Crippen molar-refractivity contribution in [1.29, 1.82) is 0 Å². The maximum atomic E-state index is 13.4. The van der Waals surface area contributed by atoms with E-state index in [2.05, 4.69) is 15.0 Å². The van der Waals surface area contributed by atoms with Crippen molar-refractivity contribution in [3.8, 4) is 5.88 Å². The minimum atomic E-state index is -0.704. The van der Waals surface area contributed by atoms with Gasteiger partial charge in [0.25, 0.3) is 0 Å². The number of halogens is 1. The lowest BCUT2D eigenvalue weighted by molar-refractivity contribution is 0.102. The van der Waals surface area contributed by atoms with Crippen LogP contribution in [0.5, 0.6) is 5.88 Å². The summed E-state index contributed by atoms with van der Waals surface area (Å²) in [6.45, 7) is 0. The van der Waals surface area contributed by atoms with Gasteiger partial charge in [0.05, 0.1) is 7.11 Å². The summed E-state index contributed by atoms with van der Waals surface area (Å²) < 4.78 is 18.3. The Morgan fingerprint density at radius 1 is 1.18 bits per heavy atom. The summed E-state index contributed by atoms with van der Waals surface area (Å²) in [6.07, 6.45) is 4.04. The van der Waals surface area contributed by atoms with Crippen molar-refractivity contribution in [3.63, 3.8) is 0 Å². The van der Waals surface area contributed by atoms with Crippen molar-refractivity contribution in [1.82, 2.24) is 15.0 Å². The first-order chi connectivity index (χ1) is 8.24. The van der Waals surface area contributed by atoms with Gasteiger partial charge in [-0.25, -0.2) is 19.3 Å². The van der Waals surface area contributed by atoms with Gasteiger partial charge in [0.2, 0.25) is 11.7 Å². The van der Waals surface area contributed by atoms with Crippen LogP contribution in [0.3, 0.4) is 0 Å². The molecule has 0 bridgehead atoms. The Balaban J connectivity index is 2.48. The second kappa shape index (κ2) is 4.65. The zero-order valence-corrected chi connectivity index (χ0v) is 8.92. The highest BCUT2D eigenvalue weighted by Crippen LogP contribution is 2.16. The van der Waals surface area contributed by atoms with Crippen LogP contribution in [0.2, 0.25) is 0 Å². The summed E-state index contributed by atoms with van der Waals surface area (Å²) >= 11 is 0. The summed E-state index contributed by atoms with van der Waals surface area (Å²) in [6, 6.07) is 2.56. The standard InChI is InChI=1S/C11H8FN3O2/c1-17-11-9(14-5-6-15-11)10(16)8-7(12)3-2-4-13-8/h2-6H,1H3. The number of hydrogen-bond donors (Lipinski definition) is 0. The van der Waals surface area contributed by atoms with E-state index in [1.807, 2.05) is 0 Å². The van der Waals surface area contributed by atoms with Crippen LogP contribution in [0, 0.1) is 5.82 Å². The highest BCUT2D eigenvalue weighted by atomic mass is 19.1. The molecule has 86 valence electrons. The van der Waals surface area contributed by atoms with Gasteiger partial charge in [0, 0.05) is 18.6 Å². The summed E-state index contributed by atoms with van der Waals surface area (Å²) in [5.74, 6) is -1.32. The Morgan fingerprint density at radius 2 is 1.88 bits per heavy atom. The first-order valence-electron chi connectivity index (χ1n) is 4.74. The molecule has 2 aromatic heterocycles. The van der Waals surface area contributed by atoms with Crippen LogP contribution in [-0.4, -0.2) is 27.8 Å². The third kappa shape index (κ3) is 2.10. The molecule has 2 rings (SSSR count). The Kier molecular flexibility index (Phi) is 3.04. The van der Waals surface area contributed by atoms with E-state index < -0.39 is 11.6 Å². The first kappa shape index (κ1) is 11.1. The van der Waals surface area contributed by atoms with Crippen LogP contribution in [0.1, 0.15) is 16.2 Å². The maximum Gasteiger partial charge on any atom is 0.243 e. The molecule has 0 amide bonds. The predicted octanol–water partition coefficient (Wildman–Crippen LogP) is 1.25. The maximum absolute atomic E-state index is 13.4. The second-order valence-electron chi connectivity index (χ2n) is 3.08. The molecule has 0 spiro atoms. The molecule has 6 heteroatoms. The Morgan fingerprint density at radius 3 is 2.59 bits per heavy atom. The van der Waals surface area contributed by atoms with Gasteiger partial charge in [-0.3, -0.25) is 4.79 Å². The molecule has 17 heavy (non-hydrogen) atoms. The van der Waals surface area contributed by atoms with E-state index in [1.54, 1.807) is 0 Å². The molecule has 2 heterocycles. The smallest absolute Gasteiger partial charge is 0.243 e. The third-order valence-corrected chi connectivity index (χ3v) is 2.05. The zero-order chi connectivity index (χ0) is 12.3. The van der Waals surface area contributed by atoms with Gasteiger partial charge in [-0.2, -0.15) is 0 Å². The molecular formula is C11H8FN3O2. The number of carbonyl (C=O) groups is 1. The van der Waals surface area contributed by atoms with Crippen molar-refractivity contribution < 1.29 is 13.9 Å². The number of ketones is 1. The zero-order valence-electron chi connectivity index (χ0n) is 8.92. The van der Waals surface area contributed by atoms with Crippen LogP contribution in [0.25, 0.3) is 0 Å². The lowest BCUT2D eigenvalue weighted by Crippen LogP contribution is -2.11. The van der Waals surface area contributed by atoms with Gasteiger partial charge in [0.1, 0.15) is 5.69 Å². The van der Waals surface area contributed by atoms with Gasteiger partial charge in [0.15, 0.2) is 11.5 Å². The van der Waals surface area contributed by atoms with E-state index in [-0.39, 0.29) is 17.3 Å². The number of aromatic nitrogens is 3. The monoisotopic (exact) mass is 233 g/mol. The van der Waals surface area contributed by atoms with E-state index in [0.29, 0.717) is 0 Å². The Bertz CT molecular complexity index is 560. The van der Waals surface area contributed by atoms with Crippen LogP contribution in [-0.2, 0) is 0 Å². The number of ether oxygens (including phenoxy) is 1. The normalized spacial score (nSPS) is 10.0. The molecule has 0 saturated carbocycles. The molecule has 5 nitrogen and oxygen atoms in total. The van der Waals surface area contributed by atoms with Crippen LogP contribution in [0.15, 0.2) is 30.7 Å². The van der Waals surface area contributed by atoms with E-state index in [0.717, 1.165) is 6.07 Å². The summed E-state index contributed by atoms with van der Waals surface area (Å²) in [5.41, 5.74) is -0.362. The van der Waals surface area contributed by atoms with Gasteiger partial charge in [-0.15, -0.1) is 0 Å². The molecule has 0 aromatic carbocycles. The van der Waals surface area contributed by atoms with Crippen LogP contribution in [0.4, 0.5) is 4.39 Å². The second-order valence-corrected chi connectivity index (χ2v) is 3.08. The number of nitrogens with zero attached hydrogens (tertiary/aromatic N) is 3. The first-order valence-corrected chi connectivity index (χ1v) is 4.74. The van der Waals surface area contributed by atoms with Gasteiger partial charge in [-0.05, 0) is 12.1 Å². The summed E-state index contributed by atoms with van der Waals surface area (Å²) in [7, 11) is 1.36. The van der Waals surface area contributed by atoms with Crippen molar-refractivity contribution in [2.45, 2.75) is 0 Å². The van der Waals surface area contributed by atoms with E-state index in [9.17, 15) is 9.18 Å². The number of methoxy groups -OCH3 is 1. The molecule has 0 fully saturated rings. The number of pyridine rings is 1. The molecule has 0 saturated heterocycles. The largest absolute Gasteiger partial charge is 0.479 e. The highest BCUT2D eigenvalue weighted by Gasteiger charge is 2.21. The quantitative estimate of drug-likeness (QED) is 0.746. The fraction of sp³-hybridized carbons (Fsp3) is 0.0909. The minimum absolute atomic E-state index is 0.0440. The van der Waals surface area contributed by atoms with Gasteiger partial charge >= 0.3 is 0 Å². The SMILES string of the molecule is COc1nccnc1C(=O)c1ncccc1F. The fourth-order valence-corrected chi connectivity index (χ4v) is 1.30. The van der Waals surface area contributed by atoms with E-state index in [4.69, 9.17) is 4.74 Å². The minimum Gasteiger partial charge on any atom is -0.479 e. The molecule has 0 aliphatic carbocycles. The Labute approximate surface area is 96.3 Å². The molecule has 0 atom stereocenters. The molecule has 0 radical (unpaired) electrons. The average molecular weight is 233 g/mol. The topological polar surface area (TPSA) is 65.0 Å². The fourth-order valence-electron chi connectivity index (χ4n) is 1.30. The summed E-state index contributed by atoms with van der Waals surface area (Å²) in [4.78, 5) is 23.3. The van der Waals surface area contributed by atoms with E-state index in [1.165, 1.54) is 31.8 Å². The van der Waals surface area contributed by atoms with Crippen molar-refractivity contribution in [2.75, 3.05) is 7.11 Å². The number of hydrogen-bond acceptors (Lipinski definition) is 5. The summed E-state index contributed by atoms with van der Waals surface area (Å²) in [5, 5.41) is 0. The molecular weight excluding hydrogens is 225 g/mol. The average Bonchev–Trinajstić information content (AvgIpc) is 2.38. The van der Waals surface area contributed by atoms with Crippen molar-refractivity contribution in [3.05, 3.63) is 47.9 Å². The third-order valence-electron chi connectivity index (χ3n) is 2.05. The lowest BCUT2D eigenvalue weighted by Gasteiger charge is -2.04. The molecule has 2 aromatic rings. The van der Waals surface area contributed by atoms with Crippen molar-refractivity contribution >= 4 is 5.78 Å². The van der Waals surface area contributed by atoms with Crippen LogP contribution < -0.4 is 4.74 Å². The van der Waals surface area contributed by atoms with Crippen LogP contribution >= 0.6 is 0 Å².